The lowest BCUT2D eigenvalue weighted by Gasteiger charge is -2.34. The number of nitrogens with one attached hydrogen (secondary N) is 1. The summed E-state index contributed by atoms with van der Waals surface area (Å²) < 4.78 is 17.2. The van der Waals surface area contributed by atoms with Gasteiger partial charge in [-0.1, -0.05) is 18.2 Å². The third-order valence-corrected chi connectivity index (χ3v) is 5.56. The quantitative estimate of drug-likeness (QED) is 0.399. The van der Waals surface area contributed by atoms with E-state index in [-0.39, 0.29) is 0 Å². The van der Waals surface area contributed by atoms with Crippen molar-refractivity contribution in [2.24, 2.45) is 4.99 Å². The lowest BCUT2D eigenvalue weighted by Crippen LogP contribution is -2.46. The van der Waals surface area contributed by atoms with E-state index in [4.69, 9.17) is 14.2 Å². The lowest BCUT2D eigenvalue weighted by molar-refractivity contribution is 0.00989. The van der Waals surface area contributed by atoms with Crippen LogP contribution in [0, 0.1) is 0 Å². The molecule has 1 heterocycles. The fourth-order valence-electron chi connectivity index (χ4n) is 3.63. The molecule has 1 aromatic rings. The molecule has 1 saturated carbocycles. The first kappa shape index (κ1) is 20.9. The van der Waals surface area contributed by atoms with Crippen molar-refractivity contribution in [3.8, 4) is 5.75 Å². The summed E-state index contributed by atoms with van der Waals surface area (Å²) in [5.41, 5.74) is 1.19. The molecular weight excluding hydrogens is 354 g/mol. The van der Waals surface area contributed by atoms with Gasteiger partial charge in [-0.2, -0.15) is 0 Å². The minimum absolute atomic E-state index is 0.350. The summed E-state index contributed by atoms with van der Waals surface area (Å²) in [4.78, 5) is 6.81. The Labute approximate surface area is 169 Å². The summed E-state index contributed by atoms with van der Waals surface area (Å²) in [5.74, 6) is 1.95. The predicted octanol–water partition coefficient (Wildman–Crippen LogP) is 3.21. The molecule has 1 saturated heterocycles. The van der Waals surface area contributed by atoms with E-state index in [2.05, 4.69) is 33.4 Å². The van der Waals surface area contributed by atoms with Gasteiger partial charge >= 0.3 is 0 Å². The van der Waals surface area contributed by atoms with Crippen LogP contribution in [0.2, 0.25) is 0 Å². The van der Waals surface area contributed by atoms with Crippen molar-refractivity contribution in [1.82, 2.24) is 10.2 Å². The van der Waals surface area contributed by atoms with Gasteiger partial charge in [0.2, 0.25) is 0 Å². The normalized spacial score (nSPS) is 18.8. The van der Waals surface area contributed by atoms with Gasteiger partial charge in [-0.3, -0.25) is 4.99 Å². The van der Waals surface area contributed by atoms with Gasteiger partial charge in [-0.05, 0) is 44.6 Å². The molecule has 6 heteroatoms. The Kier molecular flexibility index (Phi) is 8.42. The Morgan fingerprint density at radius 3 is 2.57 bits per heavy atom. The van der Waals surface area contributed by atoms with Gasteiger partial charge in [0.1, 0.15) is 5.75 Å². The van der Waals surface area contributed by atoms with Crippen LogP contribution in [0.1, 0.15) is 44.1 Å². The summed E-state index contributed by atoms with van der Waals surface area (Å²) in [5, 5.41) is 3.52. The standard InChI is InChI=1S/C22H35N3O3/c1-23-22(25-13-11-19(12-14-25)27-16-6-15-26-2)24-17-18-7-3-4-10-21(18)28-20-8-5-9-20/h3-4,7,10,19-20H,5-6,8-9,11-17H2,1-2H3,(H,23,24). The van der Waals surface area contributed by atoms with Crippen LogP contribution in [-0.4, -0.2) is 63.5 Å². The van der Waals surface area contributed by atoms with Crippen LogP contribution in [0.15, 0.2) is 29.3 Å². The number of nitrogens with zero attached hydrogens (tertiary/aromatic N) is 2. The van der Waals surface area contributed by atoms with Crippen LogP contribution in [0.25, 0.3) is 0 Å². The van der Waals surface area contributed by atoms with Gasteiger partial charge in [0.25, 0.3) is 0 Å². The minimum atomic E-state index is 0.350. The van der Waals surface area contributed by atoms with Crippen LogP contribution < -0.4 is 10.1 Å². The average molecular weight is 390 g/mol. The van der Waals surface area contributed by atoms with Gasteiger partial charge < -0.3 is 24.4 Å². The largest absolute Gasteiger partial charge is 0.490 e. The number of methoxy groups -OCH3 is 1. The van der Waals surface area contributed by atoms with Crippen molar-refractivity contribution in [2.75, 3.05) is 40.5 Å². The van der Waals surface area contributed by atoms with Gasteiger partial charge in [0.15, 0.2) is 5.96 Å². The first-order chi connectivity index (χ1) is 13.8. The number of guanidine groups is 1. The molecule has 6 nitrogen and oxygen atoms in total. The number of hydrogen-bond acceptors (Lipinski definition) is 4. The molecule has 1 aromatic carbocycles. The van der Waals surface area contributed by atoms with Crippen LogP contribution in [0.5, 0.6) is 5.75 Å². The molecule has 3 rings (SSSR count). The summed E-state index contributed by atoms with van der Waals surface area (Å²) >= 11 is 0. The number of hydrogen-bond donors (Lipinski definition) is 1. The van der Waals surface area contributed by atoms with Crippen molar-refractivity contribution in [3.05, 3.63) is 29.8 Å². The third kappa shape index (κ3) is 6.11. The van der Waals surface area contributed by atoms with Crippen LogP contribution in [-0.2, 0) is 16.0 Å². The molecule has 2 fully saturated rings. The number of ether oxygens (including phenoxy) is 3. The molecule has 0 bridgehead atoms. The second-order valence-electron chi connectivity index (χ2n) is 7.58. The summed E-state index contributed by atoms with van der Waals surface area (Å²) in [6.07, 6.45) is 7.40. The Morgan fingerprint density at radius 1 is 1.11 bits per heavy atom. The lowest BCUT2D eigenvalue weighted by atomic mass is 9.96. The highest BCUT2D eigenvalue weighted by molar-refractivity contribution is 5.80. The molecule has 0 unspecified atom stereocenters. The zero-order chi connectivity index (χ0) is 19.6. The van der Waals surface area contributed by atoms with Crippen LogP contribution in [0.3, 0.4) is 0 Å². The second-order valence-corrected chi connectivity index (χ2v) is 7.58. The van der Waals surface area contributed by atoms with Crippen molar-refractivity contribution in [1.29, 1.82) is 0 Å². The van der Waals surface area contributed by atoms with Crippen molar-refractivity contribution in [2.45, 2.75) is 57.3 Å². The first-order valence-electron chi connectivity index (χ1n) is 10.6. The highest BCUT2D eigenvalue weighted by atomic mass is 16.5. The number of likely N-dealkylation sites (tertiary alicyclic amines) is 1. The molecule has 1 aliphatic carbocycles. The molecule has 0 radical (unpaired) electrons. The second kappa shape index (κ2) is 11.3. The molecular formula is C22H35N3O3. The molecule has 156 valence electrons. The van der Waals surface area contributed by atoms with E-state index in [0.717, 1.165) is 63.8 Å². The Morgan fingerprint density at radius 2 is 1.89 bits per heavy atom. The van der Waals surface area contributed by atoms with Crippen molar-refractivity contribution >= 4 is 5.96 Å². The Hall–Kier alpha value is -1.79. The minimum Gasteiger partial charge on any atom is -0.490 e. The van der Waals surface area contributed by atoms with Gasteiger partial charge in [0, 0.05) is 52.6 Å². The third-order valence-electron chi connectivity index (χ3n) is 5.56. The molecule has 28 heavy (non-hydrogen) atoms. The zero-order valence-electron chi connectivity index (χ0n) is 17.4. The highest BCUT2D eigenvalue weighted by Gasteiger charge is 2.23. The van der Waals surface area contributed by atoms with Gasteiger partial charge in [-0.25, -0.2) is 0 Å². The van der Waals surface area contributed by atoms with E-state index in [9.17, 15) is 0 Å². The molecule has 2 aliphatic rings. The number of rotatable bonds is 9. The molecule has 0 aromatic heterocycles. The van der Waals surface area contributed by atoms with E-state index in [0.29, 0.717) is 12.2 Å². The summed E-state index contributed by atoms with van der Waals surface area (Å²) in [6, 6.07) is 8.32. The fourth-order valence-corrected chi connectivity index (χ4v) is 3.63. The highest BCUT2D eigenvalue weighted by Crippen LogP contribution is 2.27. The SMILES string of the molecule is CN=C(NCc1ccccc1OC1CCC1)N1CCC(OCCCOC)CC1. The molecule has 0 atom stereocenters. The maximum absolute atomic E-state index is 6.14. The maximum Gasteiger partial charge on any atom is 0.193 e. The number of piperidine rings is 1. The fraction of sp³-hybridized carbons (Fsp3) is 0.682. The van der Waals surface area contributed by atoms with E-state index in [1.54, 1.807) is 7.11 Å². The van der Waals surface area contributed by atoms with E-state index >= 15 is 0 Å². The summed E-state index contributed by atoms with van der Waals surface area (Å²) in [6.45, 7) is 4.21. The summed E-state index contributed by atoms with van der Waals surface area (Å²) in [7, 11) is 3.58. The predicted molar refractivity (Wildman–Crippen MR) is 112 cm³/mol. The number of para-hydroxylation sites is 1. The van der Waals surface area contributed by atoms with E-state index < -0.39 is 0 Å². The zero-order valence-corrected chi connectivity index (χ0v) is 17.4. The molecule has 1 aliphatic heterocycles. The number of aliphatic imine (C=N–C) groups is 1. The Bertz CT molecular complexity index is 611. The van der Waals surface area contributed by atoms with E-state index in [1.807, 2.05) is 13.1 Å². The van der Waals surface area contributed by atoms with Crippen molar-refractivity contribution in [3.63, 3.8) is 0 Å². The van der Waals surface area contributed by atoms with Crippen molar-refractivity contribution < 1.29 is 14.2 Å². The molecule has 1 N–H and O–H groups in total. The van der Waals surface area contributed by atoms with Crippen LogP contribution >= 0.6 is 0 Å². The smallest absolute Gasteiger partial charge is 0.193 e. The molecule has 0 spiro atoms. The monoisotopic (exact) mass is 389 g/mol. The number of benzene rings is 1. The first-order valence-corrected chi connectivity index (χ1v) is 10.6. The average Bonchev–Trinajstić information content (AvgIpc) is 2.70. The van der Waals surface area contributed by atoms with Crippen LogP contribution in [0.4, 0.5) is 0 Å². The van der Waals surface area contributed by atoms with Gasteiger partial charge in [-0.15, -0.1) is 0 Å². The van der Waals surface area contributed by atoms with Gasteiger partial charge in [0.05, 0.1) is 12.2 Å². The van der Waals surface area contributed by atoms with E-state index in [1.165, 1.54) is 24.8 Å². The Balaban J connectivity index is 1.44. The molecule has 0 amide bonds. The topological polar surface area (TPSA) is 55.3 Å². The maximum atomic E-state index is 6.14.